The van der Waals surface area contributed by atoms with E-state index in [-0.39, 0.29) is 17.9 Å². The number of carbonyl (C=O) groups is 2. The molecule has 2 fully saturated rings. The van der Waals surface area contributed by atoms with Crippen LogP contribution in [-0.4, -0.2) is 49.4 Å². The van der Waals surface area contributed by atoms with Crippen LogP contribution < -0.4 is 10.6 Å². The monoisotopic (exact) mass is 239 g/mol. The molecule has 0 aromatic carbocycles. The summed E-state index contributed by atoms with van der Waals surface area (Å²) in [6.45, 7) is 2.87. The average Bonchev–Trinajstić information content (AvgIpc) is 2.76. The summed E-state index contributed by atoms with van der Waals surface area (Å²) >= 11 is 0. The Morgan fingerprint density at radius 3 is 2.88 bits per heavy atom. The van der Waals surface area contributed by atoms with E-state index in [0.717, 1.165) is 19.6 Å². The molecule has 1 unspecified atom stereocenters. The van der Waals surface area contributed by atoms with E-state index in [0.29, 0.717) is 18.8 Å². The van der Waals surface area contributed by atoms with Gasteiger partial charge in [0, 0.05) is 20.0 Å². The van der Waals surface area contributed by atoms with E-state index >= 15 is 0 Å². The third kappa shape index (κ3) is 3.19. The van der Waals surface area contributed by atoms with Gasteiger partial charge >= 0.3 is 0 Å². The maximum atomic E-state index is 12.1. The summed E-state index contributed by atoms with van der Waals surface area (Å²) in [6, 6.07) is -0.288. The Bertz CT molecular complexity index is 300. The molecular formula is C12H21N3O2. The predicted molar refractivity (Wildman–Crippen MR) is 64.4 cm³/mol. The number of likely N-dealkylation sites (N-methyl/N-ethyl adjacent to an activating group) is 1. The zero-order valence-corrected chi connectivity index (χ0v) is 10.4. The third-order valence-corrected chi connectivity index (χ3v) is 3.60. The van der Waals surface area contributed by atoms with Crippen LogP contribution in [0.5, 0.6) is 0 Å². The second-order valence-corrected chi connectivity index (χ2v) is 5.09. The van der Waals surface area contributed by atoms with Crippen LogP contribution >= 0.6 is 0 Å². The number of carbonyl (C=O) groups excluding carboxylic acids is 2. The molecule has 0 spiro atoms. The summed E-state index contributed by atoms with van der Waals surface area (Å²) in [5.74, 6) is 0.604. The van der Waals surface area contributed by atoms with Crippen LogP contribution in [0.2, 0.25) is 0 Å². The highest BCUT2D eigenvalue weighted by Crippen LogP contribution is 2.14. The van der Waals surface area contributed by atoms with Crippen LogP contribution in [0.4, 0.5) is 0 Å². The van der Waals surface area contributed by atoms with Crippen molar-refractivity contribution in [2.24, 2.45) is 5.92 Å². The molecule has 17 heavy (non-hydrogen) atoms. The van der Waals surface area contributed by atoms with Crippen LogP contribution in [0.25, 0.3) is 0 Å². The first-order valence-electron chi connectivity index (χ1n) is 6.42. The Labute approximate surface area is 102 Å². The van der Waals surface area contributed by atoms with Gasteiger partial charge in [-0.3, -0.25) is 9.59 Å². The van der Waals surface area contributed by atoms with Crippen molar-refractivity contribution in [1.82, 2.24) is 15.5 Å². The van der Waals surface area contributed by atoms with Gasteiger partial charge in [0.05, 0.1) is 0 Å². The Hall–Kier alpha value is -1.10. The lowest BCUT2D eigenvalue weighted by Gasteiger charge is -2.29. The number of amides is 2. The van der Waals surface area contributed by atoms with Crippen LogP contribution in [0.3, 0.4) is 0 Å². The van der Waals surface area contributed by atoms with E-state index < -0.39 is 0 Å². The van der Waals surface area contributed by atoms with Gasteiger partial charge in [-0.1, -0.05) is 0 Å². The van der Waals surface area contributed by atoms with Crippen molar-refractivity contribution < 1.29 is 9.59 Å². The molecule has 0 bridgehead atoms. The van der Waals surface area contributed by atoms with Gasteiger partial charge in [-0.15, -0.1) is 0 Å². The lowest BCUT2D eigenvalue weighted by atomic mass is 9.99. The SMILES string of the molecule is CN(CC1CCCNC1)C(=O)[C@H]1CCC(=O)N1. The minimum atomic E-state index is -0.288. The number of rotatable bonds is 3. The van der Waals surface area contributed by atoms with Gasteiger partial charge in [0.15, 0.2) is 0 Å². The van der Waals surface area contributed by atoms with Gasteiger partial charge in [-0.25, -0.2) is 0 Å². The topological polar surface area (TPSA) is 61.4 Å². The number of piperidine rings is 1. The largest absolute Gasteiger partial charge is 0.344 e. The number of hydrogen-bond donors (Lipinski definition) is 2. The Kier molecular flexibility index (Phi) is 3.99. The molecule has 0 aromatic heterocycles. The normalized spacial score (nSPS) is 28.9. The highest BCUT2D eigenvalue weighted by atomic mass is 16.2. The van der Waals surface area contributed by atoms with Gasteiger partial charge in [0.1, 0.15) is 6.04 Å². The van der Waals surface area contributed by atoms with E-state index in [1.807, 2.05) is 7.05 Å². The molecule has 0 radical (unpaired) electrons. The van der Waals surface area contributed by atoms with Crippen molar-refractivity contribution in [3.8, 4) is 0 Å². The molecule has 0 aromatic rings. The highest BCUT2D eigenvalue weighted by Gasteiger charge is 2.30. The molecule has 96 valence electrons. The molecular weight excluding hydrogens is 218 g/mol. The molecule has 2 amide bonds. The molecule has 2 saturated heterocycles. The van der Waals surface area contributed by atoms with Crippen LogP contribution in [-0.2, 0) is 9.59 Å². The summed E-state index contributed by atoms with van der Waals surface area (Å²) < 4.78 is 0. The van der Waals surface area contributed by atoms with E-state index in [9.17, 15) is 9.59 Å². The van der Waals surface area contributed by atoms with Crippen molar-refractivity contribution in [2.45, 2.75) is 31.7 Å². The first kappa shape index (κ1) is 12.4. The molecule has 2 N–H and O–H groups in total. The molecule has 2 atom stereocenters. The molecule has 2 aliphatic rings. The summed E-state index contributed by atoms with van der Waals surface area (Å²) in [7, 11) is 1.83. The average molecular weight is 239 g/mol. The van der Waals surface area contributed by atoms with Crippen molar-refractivity contribution in [3.63, 3.8) is 0 Å². The number of nitrogens with one attached hydrogen (secondary N) is 2. The lowest BCUT2D eigenvalue weighted by molar-refractivity contribution is -0.133. The van der Waals surface area contributed by atoms with Crippen molar-refractivity contribution in [1.29, 1.82) is 0 Å². The summed E-state index contributed by atoms with van der Waals surface area (Å²) in [6.07, 6.45) is 3.49. The fourth-order valence-electron chi connectivity index (χ4n) is 2.62. The number of nitrogens with zero attached hydrogens (tertiary/aromatic N) is 1. The first-order chi connectivity index (χ1) is 8.16. The maximum Gasteiger partial charge on any atom is 0.244 e. The van der Waals surface area contributed by atoms with Gasteiger partial charge < -0.3 is 15.5 Å². The summed E-state index contributed by atoms with van der Waals surface area (Å²) in [5.41, 5.74) is 0. The van der Waals surface area contributed by atoms with Crippen molar-refractivity contribution in [2.75, 3.05) is 26.7 Å². The molecule has 0 saturated carbocycles. The van der Waals surface area contributed by atoms with E-state index in [4.69, 9.17) is 0 Å². The van der Waals surface area contributed by atoms with Gasteiger partial charge in [-0.2, -0.15) is 0 Å². The minimum Gasteiger partial charge on any atom is -0.344 e. The first-order valence-corrected chi connectivity index (χ1v) is 6.42. The zero-order valence-electron chi connectivity index (χ0n) is 10.4. The van der Waals surface area contributed by atoms with Crippen molar-refractivity contribution >= 4 is 11.8 Å². The fourth-order valence-corrected chi connectivity index (χ4v) is 2.62. The van der Waals surface area contributed by atoms with E-state index in [2.05, 4.69) is 10.6 Å². The second kappa shape index (κ2) is 5.49. The Morgan fingerprint density at radius 2 is 2.29 bits per heavy atom. The van der Waals surface area contributed by atoms with Crippen LogP contribution in [0.15, 0.2) is 0 Å². The predicted octanol–water partition coefficient (Wildman–Crippen LogP) is -0.277. The van der Waals surface area contributed by atoms with Crippen molar-refractivity contribution in [3.05, 3.63) is 0 Å². The molecule has 5 heteroatoms. The lowest BCUT2D eigenvalue weighted by Crippen LogP contribution is -2.46. The van der Waals surface area contributed by atoms with Gasteiger partial charge in [0.2, 0.25) is 11.8 Å². The standard InChI is InChI=1S/C12H21N3O2/c1-15(8-9-3-2-6-13-7-9)12(17)10-4-5-11(16)14-10/h9-10,13H,2-8H2,1H3,(H,14,16)/t9?,10-/m1/s1. The molecule has 2 rings (SSSR count). The Morgan fingerprint density at radius 1 is 1.47 bits per heavy atom. The van der Waals surface area contributed by atoms with Crippen LogP contribution in [0.1, 0.15) is 25.7 Å². The zero-order chi connectivity index (χ0) is 12.3. The smallest absolute Gasteiger partial charge is 0.244 e. The van der Waals surface area contributed by atoms with Gasteiger partial charge in [-0.05, 0) is 38.3 Å². The summed E-state index contributed by atoms with van der Waals surface area (Å²) in [4.78, 5) is 24.9. The van der Waals surface area contributed by atoms with E-state index in [1.54, 1.807) is 4.90 Å². The van der Waals surface area contributed by atoms with E-state index in [1.165, 1.54) is 12.8 Å². The quantitative estimate of drug-likeness (QED) is 0.712. The number of hydrogen-bond acceptors (Lipinski definition) is 3. The fraction of sp³-hybridized carbons (Fsp3) is 0.833. The molecule has 5 nitrogen and oxygen atoms in total. The molecule has 2 heterocycles. The minimum absolute atomic E-state index is 0.00363. The Balaban J connectivity index is 1.80. The maximum absolute atomic E-state index is 12.1. The highest BCUT2D eigenvalue weighted by molar-refractivity contribution is 5.90. The third-order valence-electron chi connectivity index (χ3n) is 3.60. The molecule has 2 aliphatic heterocycles. The summed E-state index contributed by atoms with van der Waals surface area (Å²) in [5, 5.41) is 6.07. The van der Waals surface area contributed by atoms with Crippen LogP contribution in [0, 0.1) is 5.92 Å². The molecule has 0 aliphatic carbocycles. The second-order valence-electron chi connectivity index (χ2n) is 5.09. The van der Waals surface area contributed by atoms with Gasteiger partial charge in [0.25, 0.3) is 0 Å².